The van der Waals surface area contributed by atoms with Gasteiger partial charge in [-0.15, -0.1) is 0 Å². The van der Waals surface area contributed by atoms with E-state index in [1.807, 2.05) is 0 Å². The number of thioether (sulfide) groups is 1. The fourth-order valence-corrected chi connectivity index (χ4v) is 3.24. The van der Waals surface area contributed by atoms with E-state index in [9.17, 15) is 48.7 Å². The molecule has 1 aliphatic rings. The summed E-state index contributed by atoms with van der Waals surface area (Å²) in [7, 11) is 0. The predicted molar refractivity (Wildman–Crippen MR) is 78.0 cm³/mol. The van der Waals surface area contributed by atoms with E-state index >= 15 is 0 Å². The zero-order valence-corrected chi connectivity index (χ0v) is 13.7. The van der Waals surface area contributed by atoms with Crippen molar-refractivity contribution in [2.24, 2.45) is 4.99 Å². The highest BCUT2D eigenvalue weighted by Crippen LogP contribution is 2.59. The van der Waals surface area contributed by atoms with Crippen molar-refractivity contribution in [3.63, 3.8) is 0 Å². The molecule has 0 saturated carbocycles. The molecule has 1 aliphatic heterocycles. The molecule has 0 radical (unpaired) electrons. The highest BCUT2D eigenvalue weighted by Gasteiger charge is 2.77. The van der Waals surface area contributed by atoms with Crippen LogP contribution < -0.4 is 5.32 Å². The first kappa shape index (κ1) is 22.0. The first-order valence-corrected chi connectivity index (χ1v) is 7.68. The summed E-state index contributed by atoms with van der Waals surface area (Å²) in [5.41, 5.74) is -5.74. The van der Waals surface area contributed by atoms with E-state index in [0.29, 0.717) is 0 Å². The lowest BCUT2D eigenvalue weighted by atomic mass is 9.97. The van der Waals surface area contributed by atoms with Crippen LogP contribution in [0.15, 0.2) is 46.1 Å². The van der Waals surface area contributed by atoms with Gasteiger partial charge in [0.15, 0.2) is 5.17 Å². The third kappa shape index (κ3) is 3.82. The van der Waals surface area contributed by atoms with Gasteiger partial charge in [0.05, 0.1) is 4.91 Å². The molecular weight excluding hydrogens is 434 g/mol. The first-order chi connectivity index (χ1) is 12.6. The second-order valence-corrected chi connectivity index (χ2v) is 6.19. The summed E-state index contributed by atoms with van der Waals surface area (Å²) in [5, 5.41) is 0.0482. The number of amides is 1. The van der Waals surface area contributed by atoms with Crippen LogP contribution in [0.1, 0.15) is 10.4 Å². The molecule has 0 spiro atoms. The summed E-state index contributed by atoms with van der Waals surface area (Å²) < 4.78 is 131. The topological polar surface area (TPSA) is 41.5 Å². The molecule has 2 rings (SSSR count). The largest absolute Gasteiger partial charge is 0.443 e. The van der Waals surface area contributed by atoms with E-state index in [2.05, 4.69) is 4.99 Å². The number of aliphatic imine (C=N–C) groups is 1. The molecule has 28 heavy (non-hydrogen) atoms. The molecule has 1 aromatic rings. The third-order valence-electron chi connectivity index (χ3n) is 3.32. The number of allylic oxidation sites excluding steroid dienone is 1. The van der Waals surface area contributed by atoms with Crippen molar-refractivity contribution in [3.05, 3.63) is 46.6 Å². The molecule has 1 N–H and O–H groups in total. The Morgan fingerprint density at radius 1 is 0.929 bits per heavy atom. The summed E-state index contributed by atoms with van der Waals surface area (Å²) in [5.74, 6) is -4.86. The van der Waals surface area contributed by atoms with Gasteiger partial charge in [-0.3, -0.25) is 4.79 Å². The zero-order valence-electron chi connectivity index (χ0n) is 12.9. The van der Waals surface area contributed by atoms with Gasteiger partial charge in [-0.2, -0.15) is 39.5 Å². The molecule has 1 heterocycles. The molecular formula is C14H6F10N2OS. The number of rotatable bonds is 1. The minimum absolute atomic E-state index is 0.232. The van der Waals surface area contributed by atoms with Crippen LogP contribution in [-0.2, 0) is 0 Å². The smallest absolute Gasteiger partial charge is 0.301 e. The Balaban J connectivity index is 2.61. The van der Waals surface area contributed by atoms with Crippen molar-refractivity contribution in [3.8, 4) is 0 Å². The maximum atomic E-state index is 13.6. The number of halogens is 10. The van der Waals surface area contributed by atoms with E-state index in [4.69, 9.17) is 0 Å². The summed E-state index contributed by atoms with van der Waals surface area (Å²) in [6.45, 7) is 0. The quantitative estimate of drug-likeness (QED) is 0.616. The van der Waals surface area contributed by atoms with Gasteiger partial charge in [-0.05, 0) is 12.1 Å². The molecule has 154 valence electrons. The van der Waals surface area contributed by atoms with Crippen molar-refractivity contribution in [2.75, 3.05) is 0 Å². The fourth-order valence-electron chi connectivity index (χ4n) is 2.09. The van der Waals surface area contributed by atoms with Crippen LogP contribution in [0.5, 0.6) is 0 Å². The lowest BCUT2D eigenvalue weighted by Gasteiger charge is -2.31. The monoisotopic (exact) mass is 440 g/mol. The van der Waals surface area contributed by atoms with Crippen LogP contribution >= 0.6 is 11.8 Å². The third-order valence-corrected chi connectivity index (χ3v) is 4.39. The minimum Gasteiger partial charge on any atom is -0.301 e. The number of alkyl halides is 9. The predicted octanol–water partition coefficient (Wildman–Crippen LogP) is 5.13. The van der Waals surface area contributed by atoms with Gasteiger partial charge in [0.1, 0.15) is 0 Å². The standard InChI is InChI=1S/C14H6F10N2OS/c15-7(12(16,17)18)8-11(13(19,20)21,14(22,23)24)26-10(28-8)25-9(27)6-4-2-1-3-5-6/h1-5H,(H,25,26,27). The van der Waals surface area contributed by atoms with Gasteiger partial charge in [0, 0.05) is 5.56 Å². The van der Waals surface area contributed by atoms with E-state index in [0.717, 1.165) is 12.1 Å². The number of hydrogen-bond acceptors (Lipinski definition) is 3. The summed E-state index contributed by atoms with van der Waals surface area (Å²) >= 11 is -0.908. The number of benzene rings is 1. The Morgan fingerprint density at radius 3 is 1.86 bits per heavy atom. The fraction of sp³-hybridized carbons (Fsp3) is 0.286. The van der Waals surface area contributed by atoms with Crippen molar-refractivity contribution in [1.29, 1.82) is 0 Å². The van der Waals surface area contributed by atoms with Crippen molar-refractivity contribution in [2.45, 2.75) is 24.1 Å². The molecule has 1 amide bonds. The molecule has 1 aromatic carbocycles. The maximum absolute atomic E-state index is 13.6. The average Bonchev–Trinajstić information content (AvgIpc) is 2.94. The molecule has 0 unspecified atom stereocenters. The maximum Gasteiger partial charge on any atom is 0.443 e. The second-order valence-electron chi connectivity index (χ2n) is 5.19. The van der Waals surface area contributed by atoms with E-state index in [1.165, 1.54) is 23.5 Å². The minimum atomic E-state index is -6.48. The normalized spacial score (nSPS) is 19.3. The molecule has 0 atom stereocenters. The second kappa shape index (κ2) is 6.97. The van der Waals surface area contributed by atoms with Gasteiger partial charge in [0.25, 0.3) is 11.4 Å². The highest BCUT2D eigenvalue weighted by molar-refractivity contribution is 8.17. The Morgan fingerprint density at radius 2 is 1.43 bits per heavy atom. The lowest BCUT2D eigenvalue weighted by Crippen LogP contribution is -2.55. The number of nitrogens with zero attached hydrogens (tertiary/aromatic N) is 1. The van der Waals surface area contributed by atoms with Gasteiger partial charge in [-0.25, -0.2) is 9.38 Å². The zero-order chi connectivity index (χ0) is 21.5. The molecule has 14 heteroatoms. The van der Waals surface area contributed by atoms with Crippen LogP contribution in [0.4, 0.5) is 43.9 Å². The molecule has 0 fully saturated rings. The Hall–Kier alpha value is -2.25. The number of carbonyl (C=O) groups is 1. The molecule has 0 aromatic heterocycles. The Kier molecular flexibility index (Phi) is 5.49. The summed E-state index contributed by atoms with van der Waals surface area (Å²) in [6.07, 6.45) is -19.1. The van der Waals surface area contributed by atoms with E-state index in [-0.39, 0.29) is 5.56 Å². The summed E-state index contributed by atoms with van der Waals surface area (Å²) in [6, 6.07) is 6.31. The number of hydrogen-bond donors (Lipinski definition) is 1. The SMILES string of the molecule is O=C(NC1=NC(C(F)(F)F)(C(F)(F)F)C(=C(F)C(F)(F)F)S1)c1ccccc1. The van der Waals surface area contributed by atoms with Crippen molar-refractivity contribution in [1.82, 2.24) is 5.32 Å². The summed E-state index contributed by atoms with van der Waals surface area (Å²) in [4.78, 5) is 11.4. The molecule has 3 nitrogen and oxygen atoms in total. The van der Waals surface area contributed by atoms with Crippen LogP contribution in [0, 0.1) is 0 Å². The Labute approximate surface area is 153 Å². The van der Waals surface area contributed by atoms with Gasteiger partial charge in [0.2, 0.25) is 5.83 Å². The van der Waals surface area contributed by atoms with Gasteiger partial charge in [-0.1, -0.05) is 30.0 Å². The van der Waals surface area contributed by atoms with Crippen LogP contribution in [0.3, 0.4) is 0 Å². The van der Waals surface area contributed by atoms with Gasteiger partial charge < -0.3 is 5.32 Å². The van der Waals surface area contributed by atoms with Gasteiger partial charge >= 0.3 is 18.5 Å². The number of amidine groups is 1. The first-order valence-electron chi connectivity index (χ1n) is 6.86. The van der Waals surface area contributed by atoms with Crippen molar-refractivity contribution < 1.29 is 48.7 Å². The van der Waals surface area contributed by atoms with Crippen molar-refractivity contribution >= 4 is 22.8 Å². The van der Waals surface area contributed by atoms with E-state index in [1.54, 1.807) is 0 Å². The number of nitrogens with one attached hydrogen (secondary N) is 1. The molecule has 0 bridgehead atoms. The molecule has 0 aliphatic carbocycles. The van der Waals surface area contributed by atoms with Crippen LogP contribution in [0.25, 0.3) is 0 Å². The van der Waals surface area contributed by atoms with E-state index < -0.39 is 57.6 Å². The highest BCUT2D eigenvalue weighted by atomic mass is 32.2. The number of carbonyl (C=O) groups excluding carboxylic acids is 1. The lowest BCUT2D eigenvalue weighted by molar-refractivity contribution is -0.280. The molecule has 0 saturated heterocycles. The average molecular weight is 440 g/mol. The van der Waals surface area contributed by atoms with Crippen LogP contribution in [0.2, 0.25) is 0 Å². The van der Waals surface area contributed by atoms with Crippen LogP contribution in [-0.4, -0.2) is 35.1 Å². The Bertz CT molecular complexity index is 809.